The Morgan fingerprint density at radius 1 is 1.14 bits per heavy atom. The molecule has 1 aliphatic heterocycles. The molecule has 2 aromatic carbocycles. The Hall–Kier alpha value is -1.31. The number of carbonyl (C=O) groups excluding carboxylic acids is 1. The zero-order chi connectivity index (χ0) is 20.8. The number of thiophene rings is 1. The van der Waals surface area contributed by atoms with E-state index in [-0.39, 0.29) is 24.0 Å². The molecule has 29 heavy (non-hydrogen) atoms. The average Bonchev–Trinajstić information content (AvgIpc) is 3.19. The van der Waals surface area contributed by atoms with Crippen molar-refractivity contribution in [3.63, 3.8) is 0 Å². The molecular formula is C20H16Cl3NO3S2. The summed E-state index contributed by atoms with van der Waals surface area (Å²) in [5.41, 5.74) is 0.824. The minimum Gasteiger partial charge on any atom is -0.330 e. The first-order valence-corrected chi connectivity index (χ1v) is 12.6. The molecule has 4 nitrogen and oxygen atoms in total. The molecule has 1 aromatic heterocycles. The maximum atomic E-state index is 13.5. The lowest BCUT2D eigenvalue weighted by atomic mass is 10.1. The van der Waals surface area contributed by atoms with Crippen molar-refractivity contribution < 1.29 is 13.2 Å². The molecule has 4 rings (SSSR count). The van der Waals surface area contributed by atoms with Crippen molar-refractivity contribution in [1.29, 1.82) is 0 Å². The molecule has 0 radical (unpaired) electrons. The van der Waals surface area contributed by atoms with Gasteiger partial charge < -0.3 is 4.90 Å². The number of nitrogens with zero attached hydrogens (tertiary/aromatic N) is 1. The first kappa shape index (κ1) is 20.9. The van der Waals surface area contributed by atoms with E-state index >= 15 is 0 Å². The maximum Gasteiger partial charge on any atom is 0.266 e. The highest BCUT2D eigenvalue weighted by Gasteiger charge is 2.36. The standard InChI is InChI=1S/C20H16Cl3NO3S2/c21-13-4-1-3-12(9-13)10-24(14-7-8-29(26,27)11-14)20(25)19-18(23)17-15(22)5-2-6-16(17)28-19/h1-6,9,14H,7-8,10-11H2/t14-/m1/s1. The SMILES string of the molecule is O=C(c1sc2cccc(Cl)c2c1Cl)N(Cc1cccc(Cl)c1)[C@@H]1CCS(=O)(=O)C1. The summed E-state index contributed by atoms with van der Waals surface area (Å²) in [4.78, 5) is 15.5. The van der Waals surface area contributed by atoms with Gasteiger partial charge in [-0.3, -0.25) is 4.79 Å². The minimum absolute atomic E-state index is 0.0530. The molecule has 1 atom stereocenters. The molecule has 152 valence electrons. The summed E-state index contributed by atoms with van der Waals surface area (Å²) in [7, 11) is -3.17. The summed E-state index contributed by atoms with van der Waals surface area (Å²) in [5, 5.41) is 1.98. The van der Waals surface area contributed by atoms with E-state index < -0.39 is 15.9 Å². The Morgan fingerprint density at radius 2 is 1.90 bits per heavy atom. The van der Waals surface area contributed by atoms with Crippen molar-refractivity contribution in [2.45, 2.75) is 19.0 Å². The first-order chi connectivity index (χ1) is 13.7. The first-order valence-electron chi connectivity index (χ1n) is 8.87. The van der Waals surface area contributed by atoms with Crippen molar-refractivity contribution in [2.75, 3.05) is 11.5 Å². The van der Waals surface area contributed by atoms with Gasteiger partial charge in [0.25, 0.3) is 5.91 Å². The number of amides is 1. The minimum atomic E-state index is -3.17. The summed E-state index contributed by atoms with van der Waals surface area (Å²) in [5.74, 6) is -0.278. The van der Waals surface area contributed by atoms with E-state index in [1.165, 1.54) is 11.3 Å². The molecule has 0 unspecified atom stereocenters. The lowest BCUT2D eigenvalue weighted by molar-refractivity contribution is 0.0686. The normalized spacial score (nSPS) is 18.2. The highest BCUT2D eigenvalue weighted by molar-refractivity contribution is 7.91. The van der Waals surface area contributed by atoms with Gasteiger partial charge >= 0.3 is 0 Å². The van der Waals surface area contributed by atoms with Crippen molar-refractivity contribution in [2.24, 2.45) is 0 Å². The second kappa shape index (κ2) is 8.08. The molecule has 1 aliphatic rings. The van der Waals surface area contributed by atoms with Crippen LogP contribution in [0.25, 0.3) is 10.1 Å². The van der Waals surface area contributed by atoms with Crippen molar-refractivity contribution in [3.8, 4) is 0 Å². The van der Waals surface area contributed by atoms with Crippen LogP contribution in [0.15, 0.2) is 42.5 Å². The van der Waals surface area contributed by atoms with E-state index in [4.69, 9.17) is 34.8 Å². The molecule has 2 heterocycles. The predicted molar refractivity (Wildman–Crippen MR) is 120 cm³/mol. The van der Waals surface area contributed by atoms with Crippen LogP contribution in [0, 0.1) is 0 Å². The van der Waals surface area contributed by atoms with Crippen LogP contribution in [0.2, 0.25) is 15.1 Å². The van der Waals surface area contributed by atoms with Crippen molar-refractivity contribution in [1.82, 2.24) is 4.90 Å². The number of hydrogen-bond acceptors (Lipinski definition) is 4. The van der Waals surface area contributed by atoms with Crippen LogP contribution >= 0.6 is 46.1 Å². The van der Waals surface area contributed by atoms with Crippen LogP contribution in [-0.4, -0.2) is 36.8 Å². The van der Waals surface area contributed by atoms with E-state index in [0.717, 1.165) is 10.3 Å². The quantitative estimate of drug-likeness (QED) is 0.474. The second-order valence-electron chi connectivity index (χ2n) is 6.98. The van der Waals surface area contributed by atoms with Gasteiger partial charge in [-0.1, -0.05) is 53.0 Å². The molecule has 1 fully saturated rings. The fraction of sp³-hybridized carbons (Fsp3) is 0.250. The Balaban J connectivity index is 1.75. The zero-order valence-corrected chi connectivity index (χ0v) is 19.0. The molecule has 9 heteroatoms. The van der Waals surface area contributed by atoms with E-state index in [0.29, 0.717) is 31.8 Å². The molecule has 0 aliphatic carbocycles. The predicted octanol–water partition coefficient (Wildman–Crippen LogP) is 5.69. The monoisotopic (exact) mass is 487 g/mol. The van der Waals surface area contributed by atoms with Crippen LogP contribution in [-0.2, 0) is 16.4 Å². The molecular weight excluding hydrogens is 473 g/mol. The number of halogens is 3. The number of rotatable bonds is 4. The number of benzene rings is 2. The highest BCUT2D eigenvalue weighted by atomic mass is 35.5. The lowest BCUT2D eigenvalue weighted by Gasteiger charge is -2.28. The van der Waals surface area contributed by atoms with Gasteiger partial charge in [0.2, 0.25) is 0 Å². The van der Waals surface area contributed by atoms with Gasteiger partial charge in [0, 0.05) is 27.7 Å². The zero-order valence-electron chi connectivity index (χ0n) is 15.1. The van der Waals surface area contributed by atoms with Gasteiger partial charge in [-0.25, -0.2) is 8.42 Å². The Bertz CT molecular complexity index is 1210. The Labute approximate surface area is 187 Å². The largest absolute Gasteiger partial charge is 0.330 e. The summed E-state index contributed by atoms with van der Waals surface area (Å²) < 4.78 is 24.9. The van der Waals surface area contributed by atoms with Crippen molar-refractivity contribution >= 4 is 72.0 Å². The van der Waals surface area contributed by atoms with Gasteiger partial charge in [0.1, 0.15) is 4.88 Å². The third-order valence-electron chi connectivity index (χ3n) is 4.95. The molecule has 1 saturated heterocycles. The van der Waals surface area contributed by atoms with E-state index in [1.54, 1.807) is 35.2 Å². The number of sulfone groups is 1. The van der Waals surface area contributed by atoms with Gasteiger partial charge in [-0.2, -0.15) is 0 Å². The molecule has 0 bridgehead atoms. The second-order valence-corrected chi connectivity index (χ2v) is 11.5. The smallest absolute Gasteiger partial charge is 0.266 e. The van der Waals surface area contributed by atoms with Gasteiger partial charge in [-0.05, 0) is 36.2 Å². The Morgan fingerprint density at radius 3 is 2.55 bits per heavy atom. The van der Waals surface area contributed by atoms with Gasteiger partial charge in [0.05, 0.1) is 21.6 Å². The molecule has 0 saturated carbocycles. The fourth-order valence-corrected chi connectivity index (χ4v) is 7.41. The summed E-state index contributed by atoms with van der Waals surface area (Å²) >= 11 is 20.2. The van der Waals surface area contributed by atoms with Gasteiger partial charge in [0.15, 0.2) is 9.84 Å². The van der Waals surface area contributed by atoms with E-state index in [1.807, 2.05) is 12.1 Å². The Kier molecular flexibility index (Phi) is 5.84. The summed E-state index contributed by atoms with van der Waals surface area (Å²) in [6, 6.07) is 12.2. The topological polar surface area (TPSA) is 54.5 Å². The third-order valence-corrected chi connectivity index (χ3v) is 8.89. The lowest BCUT2D eigenvalue weighted by Crippen LogP contribution is -2.40. The van der Waals surface area contributed by atoms with Crippen LogP contribution in [0.3, 0.4) is 0 Å². The fourth-order valence-electron chi connectivity index (χ4n) is 3.56. The van der Waals surface area contributed by atoms with Crippen LogP contribution in [0.1, 0.15) is 21.7 Å². The number of fused-ring (bicyclic) bond motifs is 1. The van der Waals surface area contributed by atoms with Crippen LogP contribution in [0.4, 0.5) is 0 Å². The highest BCUT2D eigenvalue weighted by Crippen LogP contribution is 2.40. The molecule has 0 spiro atoms. The van der Waals surface area contributed by atoms with E-state index in [9.17, 15) is 13.2 Å². The average molecular weight is 489 g/mol. The van der Waals surface area contributed by atoms with Crippen molar-refractivity contribution in [3.05, 3.63) is 68.0 Å². The molecule has 1 amide bonds. The number of carbonyl (C=O) groups is 1. The van der Waals surface area contributed by atoms with Gasteiger partial charge in [-0.15, -0.1) is 11.3 Å². The number of hydrogen-bond donors (Lipinski definition) is 0. The summed E-state index contributed by atoms with van der Waals surface area (Å²) in [6.07, 6.45) is 0.401. The molecule has 0 N–H and O–H groups in total. The maximum absolute atomic E-state index is 13.5. The van der Waals surface area contributed by atoms with E-state index in [2.05, 4.69) is 0 Å². The molecule has 3 aromatic rings. The third kappa shape index (κ3) is 4.28. The van der Waals surface area contributed by atoms with Crippen LogP contribution < -0.4 is 0 Å². The van der Waals surface area contributed by atoms with Crippen LogP contribution in [0.5, 0.6) is 0 Å². The summed E-state index contributed by atoms with van der Waals surface area (Å²) in [6.45, 7) is 0.248.